The maximum Gasteiger partial charge on any atom is 0.416 e. The summed E-state index contributed by atoms with van der Waals surface area (Å²) in [5, 5.41) is 2.86. The molecule has 0 amide bonds. The van der Waals surface area contributed by atoms with Crippen molar-refractivity contribution in [3.05, 3.63) is 59.7 Å². The van der Waals surface area contributed by atoms with Crippen molar-refractivity contribution < 1.29 is 74.5 Å². The fourth-order valence-corrected chi connectivity index (χ4v) is 5.15. The quantitative estimate of drug-likeness (QED) is 0.0512. The lowest BCUT2D eigenvalue weighted by atomic mass is 10.1. The van der Waals surface area contributed by atoms with Gasteiger partial charge in [-0.1, -0.05) is 18.2 Å². The number of anilines is 2. The summed E-state index contributed by atoms with van der Waals surface area (Å²) in [5.41, 5.74) is -0.0925. The van der Waals surface area contributed by atoms with E-state index in [4.69, 9.17) is 56.5 Å². The molecule has 18 heteroatoms. The van der Waals surface area contributed by atoms with Crippen molar-refractivity contribution in [2.24, 2.45) is 0 Å². The smallest absolute Gasteiger partial charge is 0.416 e. The van der Waals surface area contributed by atoms with Gasteiger partial charge in [0.25, 0.3) is 0 Å². The number of hydrogen-bond acceptors (Lipinski definition) is 14. The van der Waals surface area contributed by atoms with E-state index in [9.17, 15) is 18.0 Å². The van der Waals surface area contributed by atoms with Gasteiger partial charge in [-0.2, -0.15) is 13.2 Å². The van der Waals surface area contributed by atoms with Gasteiger partial charge in [-0.05, 0) is 50.0 Å². The molecule has 0 heterocycles. The Morgan fingerprint density at radius 1 is 0.509 bits per heavy atom. The fourth-order valence-electron chi connectivity index (χ4n) is 4.46. The number of hydrogen-bond donors (Lipinski definition) is 1. The number of carbonyl (C=O) groups excluding carboxylic acids is 1. The van der Waals surface area contributed by atoms with Crippen molar-refractivity contribution in [2.45, 2.75) is 25.8 Å². The molecule has 0 bridgehead atoms. The first-order valence-electron chi connectivity index (χ1n) is 19.2. The summed E-state index contributed by atoms with van der Waals surface area (Å²) in [6.07, 6.45) is -4.48. The molecule has 0 saturated heterocycles. The second kappa shape index (κ2) is 32.2. The molecule has 0 saturated carbocycles. The highest BCUT2D eigenvalue weighted by molar-refractivity contribution is 6.69. The van der Waals surface area contributed by atoms with E-state index < -0.39 is 26.0 Å². The van der Waals surface area contributed by atoms with E-state index in [0.717, 1.165) is 12.1 Å². The number of para-hydroxylation sites is 1. The minimum atomic E-state index is -4.48. The SMILES string of the molecule is C[Si](C)(C)OCCOCCOCCOCCOCCOCCOCCOCCOCCOCCOCCOC(=O)c1ccccc1Nc1cccc(C(F)(F)F)c1. The summed E-state index contributed by atoms with van der Waals surface area (Å²) in [5.74, 6) is -0.629. The third-order valence-corrected chi connectivity index (χ3v) is 8.26. The van der Waals surface area contributed by atoms with E-state index in [1.54, 1.807) is 18.2 Å². The minimum absolute atomic E-state index is 0.00278. The fraction of sp³-hybridized carbons (Fsp3) is 0.667. The van der Waals surface area contributed by atoms with Crippen molar-refractivity contribution in [3.63, 3.8) is 0 Å². The van der Waals surface area contributed by atoms with Crippen LogP contribution in [0.2, 0.25) is 19.6 Å². The second-order valence-corrected chi connectivity index (χ2v) is 17.5. The summed E-state index contributed by atoms with van der Waals surface area (Å²) in [4.78, 5) is 12.6. The number of alkyl halides is 3. The molecule has 0 spiro atoms. The maximum atomic E-state index is 13.1. The Balaban J connectivity index is 1.27. The molecule has 57 heavy (non-hydrogen) atoms. The Kier molecular flexibility index (Phi) is 28.5. The van der Waals surface area contributed by atoms with Gasteiger partial charge in [0.05, 0.1) is 156 Å². The van der Waals surface area contributed by atoms with Crippen molar-refractivity contribution >= 4 is 25.7 Å². The average Bonchev–Trinajstić information content (AvgIpc) is 3.17. The summed E-state index contributed by atoms with van der Waals surface area (Å²) < 4.78 is 105. The predicted molar refractivity (Wildman–Crippen MR) is 209 cm³/mol. The van der Waals surface area contributed by atoms with Gasteiger partial charge in [0, 0.05) is 5.69 Å². The lowest BCUT2D eigenvalue weighted by Gasteiger charge is -2.16. The number of carbonyl (C=O) groups is 1. The summed E-state index contributed by atoms with van der Waals surface area (Å²) in [6, 6.07) is 11.1. The number of halogens is 3. The monoisotopic (exact) mass is 837 g/mol. The number of esters is 1. The molecule has 2 rings (SSSR count). The van der Waals surface area contributed by atoms with Crippen LogP contribution in [0, 0.1) is 0 Å². The molecule has 0 aliphatic carbocycles. The summed E-state index contributed by atoms with van der Waals surface area (Å²) in [7, 11) is -1.47. The van der Waals surface area contributed by atoms with Crippen LogP contribution in [-0.4, -0.2) is 160 Å². The van der Waals surface area contributed by atoms with Gasteiger partial charge in [0.1, 0.15) is 6.61 Å². The van der Waals surface area contributed by atoms with Gasteiger partial charge in [0.15, 0.2) is 8.32 Å². The third-order valence-electron chi connectivity index (χ3n) is 7.19. The molecule has 0 aromatic heterocycles. The second-order valence-electron chi connectivity index (χ2n) is 13.0. The van der Waals surface area contributed by atoms with E-state index >= 15 is 0 Å². The van der Waals surface area contributed by atoms with Crippen molar-refractivity contribution in [1.29, 1.82) is 0 Å². The van der Waals surface area contributed by atoms with Crippen LogP contribution in [0.3, 0.4) is 0 Å². The van der Waals surface area contributed by atoms with Crippen molar-refractivity contribution in [1.82, 2.24) is 0 Å². The lowest BCUT2D eigenvalue weighted by Crippen LogP contribution is -2.27. The van der Waals surface area contributed by atoms with Gasteiger partial charge >= 0.3 is 12.1 Å². The summed E-state index contributed by atoms with van der Waals surface area (Å²) in [6.45, 7) is 16.0. The van der Waals surface area contributed by atoms with E-state index in [1.165, 1.54) is 18.2 Å². The van der Waals surface area contributed by atoms with Crippen molar-refractivity contribution in [3.8, 4) is 0 Å². The highest BCUT2D eigenvalue weighted by atomic mass is 28.4. The van der Waals surface area contributed by atoms with Crippen LogP contribution >= 0.6 is 0 Å². The number of rotatable bonds is 37. The number of nitrogens with one attached hydrogen (secondary N) is 1. The average molecular weight is 838 g/mol. The molecule has 2 aromatic carbocycles. The zero-order chi connectivity index (χ0) is 41.3. The van der Waals surface area contributed by atoms with Crippen LogP contribution in [0.5, 0.6) is 0 Å². The Morgan fingerprint density at radius 3 is 1.26 bits per heavy atom. The predicted octanol–water partition coefficient (Wildman–Crippen LogP) is 5.62. The van der Waals surface area contributed by atoms with Crippen LogP contribution < -0.4 is 5.32 Å². The summed E-state index contributed by atoms with van der Waals surface area (Å²) >= 11 is 0. The van der Waals surface area contributed by atoms with Gasteiger partial charge in [0.2, 0.25) is 0 Å². The van der Waals surface area contributed by atoms with Gasteiger partial charge in [-0.25, -0.2) is 4.79 Å². The highest BCUT2D eigenvalue weighted by Crippen LogP contribution is 2.32. The standard InChI is InChI=1S/C39H62F3NO13Si/c1-57(2,3)56-32-30-54-28-26-52-24-22-50-20-18-48-16-14-46-12-11-45-13-15-47-17-19-49-21-23-51-25-27-53-29-31-55-38(44)36-9-4-5-10-37(36)43-35-8-6-7-34(33-35)39(40,41)42/h4-10,33,43H,11-32H2,1-3H3. The number of benzene rings is 2. The molecule has 0 aliphatic heterocycles. The first-order chi connectivity index (χ1) is 27.6. The molecule has 0 unspecified atom stereocenters. The highest BCUT2D eigenvalue weighted by Gasteiger charge is 2.30. The van der Waals surface area contributed by atoms with Crippen LogP contribution in [0.4, 0.5) is 24.5 Å². The molecule has 0 aliphatic rings. The Labute approximate surface area is 335 Å². The molecule has 1 N–H and O–H groups in total. The molecular weight excluding hydrogens is 776 g/mol. The molecule has 0 atom stereocenters. The van der Waals surface area contributed by atoms with Gasteiger partial charge in [-0.3, -0.25) is 0 Å². The normalized spacial score (nSPS) is 12.0. The van der Waals surface area contributed by atoms with E-state index in [2.05, 4.69) is 25.0 Å². The largest absolute Gasteiger partial charge is 0.460 e. The first-order valence-corrected chi connectivity index (χ1v) is 22.6. The minimum Gasteiger partial charge on any atom is -0.460 e. The Morgan fingerprint density at radius 2 is 0.877 bits per heavy atom. The maximum absolute atomic E-state index is 13.1. The lowest BCUT2D eigenvalue weighted by molar-refractivity contribution is -0.137. The molecule has 2 aromatic rings. The zero-order valence-corrected chi connectivity index (χ0v) is 34.6. The number of ether oxygens (including phenoxy) is 11. The first kappa shape index (κ1) is 50.4. The van der Waals surface area contributed by atoms with Crippen molar-refractivity contribution in [2.75, 3.05) is 151 Å². The molecule has 326 valence electrons. The molecule has 14 nitrogen and oxygen atoms in total. The molecular formula is C39H62F3NO13Si. The van der Waals surface area contributed by atoms with Crippen LogP contribution in [0.25, 0.3) is 0 Å². The van der Waals surface area contributed by atoms with E-state index in [1.807, 2.05) is 0 Å². The molecule has 0 radical (unpaired) electrons. The van der Waals surface area contributed by atoms with Gasteiger partial charge < -0.3 is 61.8 Å². The topological polar surface area (TPSA) is 140 Å². The Bertz CT molecular complexity index is 1290. The zero-order valence-electron chi connectivity index (χ0n) is 33.6. The van der Waals surface area contributed by atoms with Crippen LogP contribution in [-0.2, 0) is 62.7 Å². The van der Waals surface area contributed by atoms with Gasteiger partial charge in [-0.15, -0.1) is 0 Å². The third kappa shape index (κ3) is 28.4. The Hall–Kier alpha value is -2.72. The van der Waals surface area contributed by atoms with E-state index in [0.29, 0.717) is 138 Å². The van der Waals surface area contributed by atoms with E-state index in [-0.39, 0.29) is 24.5 Å². The van der Waals surface area contributed by atoms with Crippen LogP contribution in [0.1, 0.15) is 15.9 Å². The molecule has 0 fully saturated rings. The van der Waals surface area contributed by atoms with Crippen LogP contribution in [0.15, 0.2) is 48.5 Å².